The second-order valence-corrected chi connectivity index (χ2v) is 4.83. The van der Waals surface area contributed by atoms with Gasteiger partial charge in [0.05, 0.1) is 0 Å². The molecule has 0 atom stereocenters. The van der Waals surface area contributed by atoms with Gasteiger partial charge in [0.15, 0.2) is 0 Å². The van der Waals surface area contributed by atoms with Gasteiger partial charge in [-0.1, -0.05) is 26.7 Å². The van der Waals surface area contributed by atoms with Crippen LogP contribution in [0, 0.1) is 0 Å². The minimum absolute atomic E-state index is 0.253. The number of hydrogen-bond donors (Lipinski definition) is 1. The predicted octanol–water partition coefficient (Wildman–Crippen LogP) is 2.33. The van der Waals surface area contributed by atoms with Crippen molar-refractivity contribution in [1.82, 2.24) is 10.2 Å². The highest BCUT2D eigenvalue weighted by atomic mass is 16.2. The Balaban J connectivity index is 2.57. The maximum Gasteiger partial charge on any atom is 0.249 e. The number of nitrogens with one attached hydrogen (secondary N) is 1. The first-order chi connectivity index (χ1) is 8.20. The summed E-state index contributed by atoms with van der Waals surface area (Å²) in [6.45, 7) is 9.93. The monoisotopic (exact) mass is 238 g/mol. The molecule has 17 heavy (non-hydrogen) atoms. The van der Waals surface area contributed by atoms with Crippen molar-refractivity contribution in [1.29, 1.82) is 0 Å². The van der Waals surface area contributed by atoms with Gasteiger partial charge in [0.2, 0.25) is 5.91 Å². The third-order valence-corrected chi connectivity index (χ3v) is 3.38. The summed E-state index contributed by atoms with van der Waals surface area (Å²) in [6, 6.07) is 0. The topological polar surface area (TPSA) is 32.3 Å². The van der Waals surface area contributed by atoms with Gasteiger partial charge in [0.1, 0.15) is 0 Å². The standard InChI is InChI=1S/C14H26N2O/c1-4-6-8-16(9-7-5-2)14(17)12(3)13-10-15-11-13/h15H,4-11H2,1-3H3. The molecule has 1 heterocycles. The third-order valence-electron chi connectivity index (χ3n) is 3.38. The van der Waals surface area contributed by atoms with E-state index in [0.29, 0.717) is 0 Å². The second kappa shape index (κ2) is 7.49. The van der Waals surface area contributed by atoms with E-state index in [4.69, 9.17) is 0 Å². The van der Waals surface area contributed by atoms with Crippen LogP contribution in [0.5, 0.6) is 0 Å². The van der Waals surface area contributed by atoms with E-state index in [1.54, 1.807) is 0 Å². The number of amides is 1. The molecule has 0 radical (unpaired) electrons. The van der Waals surface area contributed by atoms with Gasteiger partial charge in [-0.2, -0.15) is 0 Å². The van der Waals surface area contributed by atoms with E-state index in [0.717, 1.165) is 57.4 Å². The maximum absolute atomic E-state index is 12.3. The summed E-state index contributed by atoms with van der Waals surface area (Å²) in [4.78, 5) is 14.4. The summed E-state index contributed by atoms with van der Waals surface area (Å²) in [5.41, 5.74) is 2.25. The van der Waals surface area contributed by atoms with Gasteiger partial charge in [-0.05, 0) is 25.3 Å². The number of rotatable bonds is 7. The smallest absolute Gasteiger partial charge is 0.249 e. The molecule has 0 bridgehead atoms. The number of nitrogens with zero attached hydrogens (tertiary/aromatic N) is 1. The molecular weight excluding hydrogens is 212 g/mol. The van der Waals surface area contributed by atoms with Crippen molar-refractivity contribution in [2.75, 3.05) is 26.2 Å². The lowest BCUT2D eigenvalue weighted by Crippen LogP contribution is -2.39. The van der Waals surface area contributed by atoms with Crippen LogP contribution in [0.4, 0.5) is 0 Å². The molecule has 0 aromatic rings. The van der Waals surface area contributed by atoms with Crippen LogP contribution < -0.4 is 5.32 Å². The van der Waals surface area contributed by atoms with Crippen molar-refractivity contribution < 1.29 is 4.79 Å². The van der Waals surface area contributed by atoms with Crippen molar-refractivity contribution in [3.05, 3.63) is 11.1 Å². The van der Waals surface area contributed by atoms with E-state index in [1.165, 1.54) is 5.57 Å². The number of hydrogen-bond acceptors (Lipinski definition) is 2. The molecule has 0 aromatic carbocycles. The van der Waals surface area contributed by atoms with Crippen molar-refractivity contribution in [3.63, 3.8) is 0 Å². The lowest BCUT2D eigenvalue weighted by Gasteiger charge is -2.27. The zero-order valence-corrected chi connectivity index (χ0v) is 11.5. The number of carbonyl (C=O) groups is 1. The van der Waals surface area contributed by atoms with E-state index < -0.39 is 0 Å². The first-order valence-corrected chi connectivity index (χ1v) is 6.89. The van der Waals surface area contributed by atoms with Gasteiger partial charge in [-0.25, -0.2) is 0 Å². The van der Waals surface area contributed by atoms with Crippen molar-refractivity contribution >= 4 is 5.91 Å². The lowest BCUT2D eigenvalue weighted by molar-refractivity contribution is -0.127. The highest BCUT2D eigenvalue weighted by Crippen LogP contribution is 2.13. The Hall–Kier alpha value is -0.830. The molecule has 3 nitrogen and oxygen atoms in total. The van der Waals surface area contributed by atoms with Gasteiger partial charge >= 0.3 is 0 Å². The average Bonchev–Trinajstić information content (AvgIpc) is 2.26. The Bertz CT molecular complexity index is 270. The lowest BCUT2D eigenvalue weighted by atomic mass is 10.0. The van der Waals surface area contributed by atoms with E-state index in [1.807, 2.05) is 11.8 Å². The summed E-state index contributed by atoms with van der Waals surface area (Å²) in [6.07, 6.45) is 4.51. The van der Waals surface area contributed by atoms with Crippen LogP contribution in [0.3, 0.4) is 0 Å². The zero-order valence-electron chi connectivity index (χ0n) is 11.5. The first-order valence-electron chi connectivity index (χ1n) is 6.89. The normalized spacial score (nSPS) is 14.4. The molecule has 1 saturated heterocycles. The molecule has 0 aromatic heterocycles. The molecule has 0 aliphatic carbocycles. The molecule has 0 saturated carbocycles. The molecule has 1 amide bonds. The van der Waals surface area contributed by atoms with Crippen LogP contribution in [0.2, 0.25) is 0 Å². The fourth-order valence-electron chi connectivity index (χ4n) is 1.92. The fraction of sp³-hybridized carbons (Fsp3) is 0.786. The van der Waals surface area contributed by atoms with Crippen molar-refractivity contribution in [2.45, 2.75) is 46.5 Å². The van der Waals surface area contributed by atoms with Crippen LogP contribution >= 0.6 is 0 Å². The summed E-state index contributed by atoms with van der Waals surface area (Å²) in [5.74, 6) is 0.253. The largest absolute Gasteiger partial charge is 0.339 e. The molecule has 0 unspecified atom stereocenters. The Morgan fingerprint density at radius 2 is 1.71 bits per heavy atom. The van der Waals surface area contributed by atoms with Crippen molar-refractivity contribution in [2.24, 2.45) is 0 Å². The molecule has 1 aliphatic rings. The van der Waals surface area contributed by atoms with Crippen LogP contribution in [0.25, 0.3) is 0 Å². The van der Waals surface area contributed by atoms with Crippen molar-refractivity contribution in [3.8, 4) is 0 Å². The van der Waals surface area contributed by atoms with Gasteiger partial charge in [0, 0.05) is 31.8 Å². The first kappa shape index (κ1) is 14.2. The molecule has 1 N–H and O–H groups in total. The van der Waals surface area contributed by atoms with Gasteiger partial charge in [-0.15, -0.1) is 0 Å². The molecule has 1 rings (SSSR count). The highest BCUT2D eigenvalue weighted by Gasteiger charge is 2.20. The molecule has 98 valence electrons. The molecule has 1 fully saturated rings. The predicted molar refractivity (Wildman–Crippen MR) is 72.0 cm³/mol. The molecular formula is C14H26N2O. The van der Waals surface area contributed by atoms with Gasteiger partial charge in [-0.3, -0.25) is 4.79 Å². The third kappa shape index (κ3) is 4.15. The Labute approximate surface area is 105 Å². The van der Waals surface area contributed by atoms with Crippen LogP contribution in [0.15, 0.2) is 11.1 Å². The summed E-state index contributed by atoms with van der Waals surface area (Å²) in [5, 5.41) is 3.19. The minimum atomic E-state index is 0.253. The Morgan fingerprint density at radius 1 is 1.18 bits per heavy atom. The van der Waals surface area contributed by atoms with Gasteiger partial charge in [0.25, 0.3) is 0 Å². The number of carbonyl (C=O) groups excluding carboxylic acids is 1. The molecule has 1 aliphatic heterocycles. The average molecular weight is 238 g/mol. The van der Waals surface area contributed by atoms with Crippen LogP contribution in [-0.2, 0) is 4.79 Å². The zero-order chi connectivity index (χ0) is 12.7. The van der Waals surface area contributed by atoms with Gasteiger partial charge < -0.3 is 10.2 Å². The Morgan fingerprint density at radius 3 is 2.06 bits per heavy atom. The SMILES string of the molecule is CCCCN(CCCC)C(=O)C(C)=C1CNC1. The summed E-state index contributed by atoms with van der Waals surface area (Å²) in [7, 11) is 0. The van der Waals surface area contributed by atoms with E-state index >= 15 is 0 Å². The minimum Gasteiger partial charge on any atom is -0.339 e. The van der Waals surface area contributed by atoms with E-state index in [2.05, 4.69) is 19.2 Å². The Kier molecular flexibility index (Phi) is 6.27. The number of unbranched alkanes of at least 4 members (excludes halogenated alkanes) is 2. The van der Waals surface area contributed by atoms with E-state index in [9.17, 15) is 4.79 Å². The van der Waals surface area contributed by atoms with Crippen LogP contribution in [0.1, 0.15) is 46.5 Å². The van der Waals surface area contributed by atoms with Crippen LogP contribution in [-0.4, -0.2) is 37.0 Å². The molecule has 3 heteroatoms. The molecule has 0 spiro atoms. The summed E-state index contributed by atoms with van der Waals surface area (Å²) < 4.78 is 0. The highest BCUT2D eigenvalue weighted by molar-refractivity contribution is 5.94. The summed E-state index contributed by atoms with van der Waals surface area (Å²) >= 11 is 0. The van der Waals surface area contributed by atoms with E-state index in [-0.39, 0.29) is 5.91 Å². The quantitative estimate of drug-likeness (QED) is 0.690. The maximum atomic E-state index is 12.3. The second-order valence-electron chi connectivity index (χ2n) is 4.83. The fourth-order valence-corrected chi connectivity index (χ4v) is 1.92.